The highest BCUT2D eigenvalue weighted by atomic mass is 15.1. The van der Waals surface area contributed by atoms with E-state index in [9.17, 15) is 0 Å². The molecule has 0 bridgehead atoms. The van der Waals surface area contributed by atoms with Crippen molar-refractivity contribution >= 4 is 44.0 Å². The Hall–Kier alpha value is -6.38. The lowest BCUT2D eigenvalue weighted by Crippen LogP contribution is -2.26. The van der Waals surface area contributed by atoms with Crippen molar-refractivity contribution < 1.29 is 0 Å². The molecule has 1 aromatic heterocycles. The van der Waals surface area contributed by atoms with Crippen LogP contribution in [0.5, 0.6) is 0 Å². The summed E-state index contributed by atoms with van der Waals surface area (Å²) >= 11 is 0. The van der Waals surface area contributed by atoms with E-state index in [1.807, 2.05) is 0 Å². The SMILES string of the molecule is CN(c1ccc2c(c1)C1(c3ccccc3-c3ccccc31)c1ccccc1-2)c1cccc2c(-n3c4ccccc4c4ccccc43)cccc12. The molecule has 9 aromatic rings. The Bertz CT molecular complexity index is 2740. The minimum absolute atomic E-state index is 0.363. The molecule has 0 aliphatic heterocycles. The zero-order valence-corrected chi connectivity index (χ0v) is 27.6. The maximum Gasteiger partial charge on any atom is 0.0726 e. The normalized spacial score (nSPS) is 13.5. The second kappa shape index (κ2) is 10.1. The molecule has 234 valence electrons. The minimum Gasteiger partial charge on any atom is -0.344 e. The summed E-state index contributed by atoms with van der Waals surface area (Å²) in [6, 6.07) is 65.2. The van der Waals surface area contributed by atoms with E-state index in [-0.39, 0.29) is 5.41 Å². The Kier molecular flexibility index (Phi) is 5.55. The Morgan fingerprint density at radius 1 is 0.400 bits per heavy atom. The number of fused-ring (bicyclic) bond motifs is 14. The van der Waals surface area contributed by atoms with Gasteiger partial charge >= 0.3 is 0 Å². The van der Waals surface area contributed by atoms with Crippen LogP contribution in [0.2, 0.25) is 0 Å². The molecule has 0 unspecified atom stereocenters. The van der Waals surface area contributed by atoms with Gasteiger partial charge in [0.15, 0.2) is 0 Å². The Morgan fingerprint density at radius 3 is 1.50 bits per heavy atom. The van der Waals surface area contributed by atoms with Crippen molar-refractivity contribution in [2.45, 2.75) is 5.41 Å². The van der Waals surface area contributed by atoms with E-state index in [4.69, 9.17) is 0 Å². The molecular weight excluding hydrogens is 605 g/mol. The largest absolute Gasteiger partial charge is 0.344 e. The van der Waals surface area contributed by atoms with E-state index in [2.05, 4.69) is 192 Å². The van der Waals surface area contributed by atoms with Crippen molar-refractivity contribution in [2.24, 2.45) is 0 Å². The summed E-state index contributed by atoms with van der Waals surface area (Å²) in [6.45, 7) is 0. The average molecular weight is 637 g/mol. The Balaban J connectivity index is 1.12. The van der Waals surface area contributed by atoms with Crippen molar-refractivity contribution in [3.05, 3.63) is 198 Å². The van der Waals surface area contributed by atoms with Crippen LogP contribution in [0.3, 0.4) is 0 Å². The molecule has 0 saturated heterocycles. The standard InChI is InChI=1S/C48H32N2/c1-49(44-26-12-20-39-36(44)19-13-27-47(39)50-45-24-10-5-17-37(45)38-18-6-11-25-46(38)50)31-28-29-35-34-16-4-9-23-42(34)48(43(35)30-31)40-21-7-2-14-32(40)33-15-3-8-22-41(33)48/h2-30H,1H3. The van der Waals surface area contributed by atoms with Crippen molar-refractivity contribution in [2.75, 3.05) is 11.9 Å². The number of aromatic nitrogens is 1. The van der Waals surface area contributed by atoms with Crippen LogP contribution in [0.1, 0.15) is 22.3 Å². The van der Waals surface area contributed by atoms with Gasteiger partial charge in [0.2, 0.25) is 0 Å². The zero-order valence-electron chi connectivity index (χ0n) is 27.6. The minimum atomic E-state index is -0.363. The molecular formula is C48H32N2. The van der Waals surface area contributed by atoms with Crippen LogP contribution in [0.15, 0.2) is 176 Å². The molecule has 0 amide bonds. The monoisotopic (exact) mass is 636 g/mol. The van der Waals surface area contributed by atoms with Gasteiger partial charge in [-0.05, 0) is 80.9 Å². The number of nitrogens with zero attached hydrogens (tertiary/aromatic N) is 2. The average Bonchev–Trinajstić information content (AvgIpc) is 3.79. The van der Waals surface area contributed by atoms with Crippen molar-refractivity contribution in [3.8, 4) is 27.9 Å². The van der Waals surface area contributed by atoms with Crippen LogP contribution in [-0.2, 0) is 5.41 Å². The van der Waals surface area contributed by atoms with E-state index in [0.29, 0.717) is 0 Å². The van der Waals surface area contributed by atoms with Gasteiger partial charge in [0.05, 0.1) is 22.1 Å². The smallest absolute Gasteiger partial charge is 0.0726 e. The molecule has 0 atom stereocenters. The second-order valence-corrected chi connectivity index (χ2v) is 13.7. The highest BCUT2D eigenvalue weighted by molar-refractivity contribution is 6.11. The quantitative estimate of drug-likeness (QED) is 0.187. The van der Waals surface area contributed by atoms with Crippen LogP contribution in [-0.4, -0.2) is 11.6 Å². The van der Waals surface area contributed by atoms with E-state index in [1.165, 1.54) is 94.1 Å². The van der Waals surface area contributed by atoms with E-state index in [1.54, 1.807) is 0 Å². The summed E-state index contributed by atoms with van der Waals surface area (Å²) < 4.78 is 2.43. The van der Waals surface area contributed by atoms with Gasteiger partial charge in [0.1, 0.15) is 0 Å². The lowest BCUT2D eigenvalue weighted by atomic mass is 9.70. The van der Waals surface area contributed by atoms with Crippen LogP contribution in [0.4, 0.5) is 11.4 Å². The fourth-order valence-corrected chi connectivity index (χ4v) is 9.38. The molecule has 1 spiro atoms. The second-order valence-electron chi connectivity index (χ2n) is 13.7. The lowest BCUT2D eigenvalue weighted by Gasteiger charge is -2.31. The van der Waals surface area contributed by atoms with Crippen molar-refractivity contribution in [1.29, 1.82) is 0 Å². The van der Waals surface area contributed by atoms with Gasteiger partial charge in [-0.1, -0.05) is 140 Å². The molecule has 2 heteroatoms. The fraction of sp³-hybridized carbons (Fsp3) is 0.0417. The maximum absolute atomic E-state index is 2.46. The van der Waals surface area contributed by atoms with Crippen molar-refractivity contribution in [3.63, 3.8) is 0 Å². The molecule has 11 rings (SSSR count). The highest BCUT2D eigenvalue weighted by Crippen LogP contribution is 2.63. The van der Waals surface area contributed by atoms with Gasteiger partial charge in [-0.25, -0.2) is 0 Å². The third-order valence-corrected chi connectivity index (χ3v) is 11.4. The van der Waals surface area contributed by atoms with E-state index >= 15 is 0 Å². The summed E-state index contributed by atoms with van der Waals surface area (Å²) in [5, 5.41) is 5.00. The predicted octanol–water partition coefficient (Wildman–Crippen LogP) is 12.0. The molecule has 1 heterocycles. The Labute approximate surface area is 291 Å². The van der Waals surface area contributed by atoms with Gasteiger partial charge in [-0.3, -0.25) is 0 Å². The number of benzene rings is 8. The van der Waals surface area contributed by atoms with Crippen LogP contribution >= 0.6 is 0 Å². The number of anilines is 2. The molecule has 50 heavy (non-hydrogen) atoms. The third kappa shape index (κ3) is 3.42. The first-order valence-corrected chi connectivity index (χ1v) is 17.4. The molecule has 2 nitrogen and oxygen atoms in total. The van der Waals surface area contributed by atoms with Gasteiger partial charge in [-0.2, -0.15) is 0 Å². The summed E-state index contributed by atoms with van der Waals surface area (Å²) in [7, 11) is 2.22. The van der Waals surface area contributed by atoms with E-state index in [0.717, 1.165) is 0 Å². The van der Waals surface area contributed by atoms with Gasteiger partial charge in [0, 0.05) is 40.0 Å². The number of hydrogen-bond acceptors (Lipinski definition) is 1. The van der Waals surface area contributed by atoms with E-state index < -0.39 is 0 Å². The Morgan fingerprint density at radius 2 is 0.880 bits per heavy atom. The van der Waals surface area contributed by atoms with Crippen LogP contribution in [0.25, 0.3) is 60.5 Å². The van der Waals surface area contributed by atoms with Crippen molar-refractivity contribution in [1.82, 2.24) is 4.57 Å². The first-order chi connectivity index (χ1) is 24.7. The zero-order chi connectivity index (χ0) is 33.0. The summed E-state index contributed by atoms with van der Waals surface area (Å²) in [6.07, 6.45) is 0. The number of para-hydroxylation sites is 2. The molecule has 0 saturated carbocycles. The number of rotatable bonds is 3. The van der Waals surface area contributed by atoms with Crippen LogP contribution < -0.4 is 4.90 Å². The molecule has 2 aliphatic rings. The third-order valence-electron chi connectivity index (χ3n) is 11.4. The van der Waals surface area contributed by atoms with Gasteiger partial charge < -0.3 is 9.47 Å². The first-order valence-electron chi connectivity index (χ1n) is 17.4. The lowest BCUT2D eigenvalue weighted by molar-refractivity contribution is 0.793. The highest BCUT2D eigenvalue weighted by Gasteiger charge is 2.51. The molecule has 0 fully saturated rings. The summed E-state index contributed by atoms with van der Waals surface area (Å²) in [4.78, 5) is 2.38. The molecule has 0 N–H and O–H groups in total. The molecule has 0 radical (unpaired) electrons. The van der Waals surface area contributed by atoms with Gasteiger partial charge in [0.25, 0.3) is 0 Å². The summed E-state index contributed by atoms with van der Waals surface area (Å²) in [5.74, 6) is 0. The molecule has 8 aromatic carbocycles. The first kappa shape index (κ1) is 27.6. The van der Waals surface area contributed by atoms with Crippen LogP contribution in [0, 0.1) is 0 Å². The molecule has 2 aliphatic carbocycles. The summed E-state index contributed by atoms with van der Waals surface area (Å²) in [5.41, 5.74) is 16.4. The maximum atomic E-state index is 2.46. The van der Waals surface area contributed by atoms with Gasteiger partial charge in [-0.15, -0.1) is 0 Å². The fourth-order valence-electron chi connectivity index (χ4n) is 9.38. The number of hydrogen-bond donors (Lipinski definition) is 0. The predicted molar refractivity (Wildman–Crippen MR) is 209 cm³/mol. The topological polar surface area (TPSA) is 8.17 Å².